The molecule has 0 aliphatic carbocycles. The molecule has 0 fully saturated rings. The van der Waals surface area contributed by atoms with Crippen LogP contribution < -0.4 is 15.8 Å². The molecule has 158 valence electrons. The van der Waals surface area contributed by atoms with Crippen molar-refractivity contribution in [3.05, 3.63) is 58.7 Å². The highest BCUT2D eigenvalue weighted by molar-refractivity contribution is 5.85. The SMILES string of the molecule is CCC(Nc1ccc(C#N)cc1)(C(=O)O)c1cc(C(C)C)c(OCC(N)=O)cc1C. The number of benzene rings is 2. The number of carboxylic acids is 1. The lowest BCUT2D eigenvalue weighted by Crippen LogP contribution is -2.43. The molecule has 0 aliphatic heterocycles. The molecule has 2 aromatic carbocycles. The predicted octanol–water partition coefficient (Wildman–Crippen LogP) is 3.66. The molecule has 0 bridgehead atoms. The van der Waals surface area contributed by atoms with Gasteiger partial charge < -0.3 is 20.9 Å². The highest BCUT2D eigenvalue weighted by Crippen LogP contribution is 2.38. The second-order valence-electron chi connectivity index (χ2n) is 7.49. The van der Waals surface area contributed by atoms with Gasteiger partial charge in [-0.2, -0.15) is 5.26 Å². The first-order valence-corrected chi connectivity index (χ1v) is 9.72. The minimum absolute atomic E-state index is 0.0329. The van der Waals surface area contributed by atoms with E-state index in [4.69, 9.17) is 15.7 Å². The van der Waals surface area contributed by atoms with Crippen LogP contribution in [0, 0.1) is 18.3 Å². The molecule has 2 aromatic rings. The standard InChI is InChI=1S/C23H27N3O4/c1-5-23(22(28)29,26-17-8-6-16(12-24)7-9-17)19-11-18(14(2)3)20(10-15(19)4)30-13-21(25)27/h6-11,14,26H,5,13H2,1-4H3,(H2,25,27)(H,28,29). The molecular formula is C23H27N3O4. The number of carbonyl (C=O) groups is 2. The minimum Gasteiger partial charge on any atom is -0.483 e. The van der Waals surface area contributed by atoms with Crippen LogP contribution in [0.1, 0.15) is 55.4 Å². The number of aliphatic carboxylic acids is 1. The van der Waals surface area contributed by atoms with Gasteiger partial charge in [0, 0.05) is 5.69 Å². The first-order valence-electron chi connectivity index (χ1n) is 9.72. The van der Waals surface area contributed by atoms with Gasteiger partial charge in [0.05, 0.1) is 11.6 Å². The number of anilines is 1. The topological polar surface area (TPSA) is 125 Å². The molecule has 0 aliphatic rings. The van der Waals surface area contributed by atoms with Crippen molar-refractivity contribution in [2.75, 3.05) is 11.9 Å². The zero-order valence-electron chi connectivity index (χ0n) is 17.7. The molecule has 1 amide bonds. The normalized spacial score (nSPS) is 12.7. The summed E-state index contributed by atoms with van der Waals surface area (Å²) in [5, 5.41) is 22.4. The molecule has 0 saturated carbocycles. The van der Waals surface area contributed by atoms with Crippen molar-refractivity contribution in [2.24, 2.45) is 5.73 Å². The minimum atomic E-state index is -1.38. The van der Waals surface area contributed by atoms with E-state index < -0.39 is 17.4 Å². The maximum Gasteiger partial charge on any atom is 0.334 e. The molecule has 7 heteroatoms. The lowest BCUT2D eigenvalue weighted by Gasteiger charge is -2.33. The number of ether oxygens (including phenoxy) is 1. The van der Waals surface area contributed by atoms with E-state index in [0.29, 0.717) is 28.1 Å². The average Bonchev–Trinajstić information content (AvgIpc) is 2.70. The lowest BCUT2D eigenvalue weighted by molar-refractivity contribution is -0.142. The fraction of sp³-hybridized carbons (Fsp3) is 0.348. The largest absolute Gasteiger partial charge is 0.483 e. The Morgan fingerprint density at radius 2 is 1.90 bits per heavy atom. The first-order chi connectivity index (χ1) is 14.1. The predicted molar refractivity (Wildman–Crippen MR) is 114 cm³/mol. The zero-order valence-corrected chi connectivity index (χ0v) is 17.7. The number of nitrogens with zero attached hydrogens (tertiary/aromatic N) is 1. The quantitative estimate of drug-likeness (QED) is 0.580. The van der Waals surface area contributed by atoms with Gasteiger partial charge in [0.2, 0.25) is 0 Å². The van der Waals surface area contributed by atoms with Gasteiger partial charge in [-0.1, -0.05) is 20.8 Å². The molecular weight excluding hydrogens is 382 g/mol. The highest BCUT2D eigenvalue weighted by Gasteiger charge is 2.40. The second kappa shape index (κ2) is 9.31. The Labute approximate surface area is 176 Å². The van der Waals surface area contributed by atoms with Gasteiger partial charge in [-0.05, 0) is 72.4 Å². The van der Waals surface area contributed by atoms with E-state index in [9.17, 15) is 14.7 Å². The van der Waals surface area contributed by atoms with Crippen molar-refractivity contribution in [2.45, 2.75) is 45.6 Å². The summed E-state index contributed by atoms with van der Waals surface area (Å²) in [7, 11) is 0. The van der Waals surface area contributed by atoms with Crippen LogP contribution in [0.4, 0.5) is 5.69 Å². The van der Waals surface area contributed by atoms with E-state index >= 15 is 0 Å². The van der Waals surface area contributed by atoms with Crippen molar-refractivity contribution in [1.82, 2.24) is 0 Å². The van der Waals surface area contributed by atoms with Crippen LogP contribution in [0.2, 0.25) is 0 Å². The van der Waals surface area contributed by atoms with Gasteiger partial charge in [0.1, 0.15) is 5.75 Å². The third kappa shape index (κ3) is 4.71. The van der Waals surface area contributed by atoms with E-state index in [1.54, 1.807) is 37.3 Å². The number of hydrogen-bond acceptors (Lipinski definition) is 5. The first kappa shape index (κ1) is 22.8. The molecule has 0 spiro atoms. The monoisotopic (exact) mass is 409 g/mol. The molecule has 30 heavy (non-hydrogen) atoms. The number of nitrogens with one attached hydrogen (secondary N) is 1. The second-order valence-corrected chi connectivity index (χ2v) is 7.49. The van der Waals surface area contributed by atoms with Gasteiger partial charge >= 0.3 is 5.97 Å². The van der Waals surface area contributed by atoms with Gasteiger partial charge in [0.25, 0.3) is 5.91 Å². The van der Waals surface area contributed by atoms with Crippen LogP contribution in [0.25, 0.3) is 0 Å². The fourth-order valence-corrected chi connectivity index (χ4v) is 3.42. The van der Waals surface area contributed by atoms with Crippen molar-refractivity contribution >= 4 is 17.6 Å². The Hall–Kier alpha value is -3.53. The molecule has 4 N–H and O–H groups in total. The number of hydrogen-bond donors (Lipinski definition) is 3. The van der Waals surface area contributed by atoms with Gasteiger partial charge in [-0.25, -0.2) is 4.79 Å². The number of nitrogens with two attached hydrogens (primary N) is 1. The van der Waals surface area contributed by atoms with Gasteiger partial charge in [0.15, 0.2) is 12.1 Å². The molecule has 7 nitrogen and oxygen atoms in total. The summed E-state index contributed by atoms with van der Waals surface area (Å²) in [6.45, 7) is 7.29. The maximum atomic E-state index is 12.5. The number of nitriles is 1. The fourth-order valence-electron chi connectivity index (χ4n) is 3.42. The van der Waals surface area contributed by atoms with Crippen LogP contribution in [0.5, 0.6) is 5.75 Å². The van der Waals surface area contributed by atoms with Crippen molar-refractivity contribution in [1.29, 1.82) is 5.26 Å². The van der Waals surface area contributed by atoms with Crippen LogP contribution >= 0.6 is 0 Å². The third-order valence-corrected chi connectivity index (χ3v) is 5.08. The Kier molecular flexibility index (Phi) is 7.06. The number of carboxylic acid groups (broad SMARTS) is 1. The summed E-state index contributed by atoms with van der Waals surface area (Å²) in [4.78, 5) is 23.6. The molecule has 0 saturated heterocycles. The van der Waals surface area contributed by atoms with E-state index in [0.717, 1.165) is 5.56 Å². The van der Waals surface area contributed by atoms with Crippen molar-refractivity contribution in [3.8, 4) is 11.8 Å². The van der Waals surface area contributed by atoms with Crippen LogP contribution in [-0.4, -0.2) is 23.6 Å². The summed E-state index contributed by atoms with van der Waals surface area (Å²) < 4.78 is 5.57. The Balaban J connectivity index is 2.60. The van der Waals surface area contributed by atoms with Crippen LogP contribution in [0.3, 0.4) is 0 Å². The molecule has 1 atom stereocenters. The zero-order chi connectivity index (χ0) is 22.5. The Bertz CT molecular complexity index is 977. The average molecular weight is 409 g/mol. The number of primary amides is 1. The summed E-state index contributed by atoms with van der Waals surface area (Å²) in [6, 6.07) is 12.3. The van der Waals surface area contributed by atoms with Crippen LogP contribution in [-0.2, 0) is 15.1 Å². The number of aryl methyl sites for hydroxylation is 1. The third-order valence-electron chi connectivity index (χ3n) is 5.08. The van der Waals surface area contributed by atoms with Crippen molar-refractivity contribution in [3.63, 3.8) is 0 Å². The smallest absolute Gasteiger partial charge is 0.334 e. The molecule has 2 rings (SSSR count). The van der Waals surface area contributed by atoms with Crippen molar-refractivity contribution < 1.29 is 19.4 Å². The number of rotatable bonds is 9. The highest BCUT2D eigenvalue weighted by atomic mass is 16.5. The van der Waals surface area contributed by atoms with Gasteiger partial charge in [-0.3, -0.25) is 4.79 Å². The Morgan fingerprint density at radius 3 is 2.37 bits per heavy atom. The summed E-state index contributed by atoms with van der Waals surface area (Å²) in [6.07, 6.45) is 0.280. The lowest BCUT2D eigenvalue weighted by atomic mass is 9.81. The maximum absolute atomic E-state index is 12.5. The number of carbonyl (C=O) groups excluding carboxylic acids is 1. The van der Waals surface area contributed by atoms with E-state index in [1.807, 2.05) is 32.9 Å². The summed E-state index contributed by atoms with van der Waals surface area (Å²) in [5.74, 6) is -1.05. The van der Waals surface area contributed by atoms with E-state index in [2.05, 4.69) is 5.32 Å². The summed E-state index contributed by atoms with van der Waals surface area (Å²) >= 11 is 0. The van der Waals surface area contributed by atoms with E-state index in [-0.39, 0.29) is 18.9 Å². The number of amides is 1. The molecule has 0 radical (unpaired) electrons. The van der Waals surface area contributed by atoms with E-state index in [1.165, 1.54) is 0 Å². The Morgan fingerprint density at radius 1 is 1.27 bits per heavy atom. The summed E-state index contributed by atoms with van der Waals surface area (Å²) in [5.41, 5.74) is 7.01. The molecule has 0 heterocycles. The molecule has 1 unspecified atom stereocenters. The molecule has 0 aromatic heterocycles. The van der Waals surface area contributed by atoms with Gasteiger partial charge in [-0.15, -0.1) is 0 Å². The van der Waals surface area contributed by atoms with Crippen LogP contribution in [0.15, 0.2) is 36.4 Å².